The number of nitrogens with one attached hydrogen (secondary N) is 2. The summed E-state index contributed by atoms with van der Waals surface area (Å²) in [6.07, 6.45) is 6.13. The standard InChI is InChI=1S/C28H27N9O5S/c1-16-23(43(3,41)42)10-18(13-30-16)24(38)32-14-19-11-22-17(12-31-19)4-5-20(33-22)21-6-8-29-26(34-21)37-9-7-28(15-37)25(39)36(2)27(40)35-28/h4-6,8,10-13H,7,9,14-15H2,1-3H3,(H,32,38)(H,35,40)/t28-/m1/s1. The van der Waals surface area contributed by atoms with Crippen molar-refractivity contribution in [1.29, 1.82) is 0 Å². The Hall–Kier alpha value is -5.05. The van der Waals surface area contributed by atoms with E-state index in [9.17, 15) is 22.8 Å². The van der Waals surface area contributed by atoms with Crippen molar-refractivity contribution in [3.63, 3.8) is 0 Å². The molecule has 2 saturated heterocycles. The number of sulfone groups is 1. The number of hydrogen-bond donors (Lipinski definition) is 2. The summed E-state index contributed by atoms with van der Waals surface area (Å²) in [5.74, 6) is -0.318. The number of rotatable bonds is 6. The Morgan fingerprint density at radius 2 is 1.86 bits per heavy atom. The molecule has 4 amide bonds. The Bertz CT molecular complexity index is 1930. The molecule has 0 aliphatic carbocycles. The number of aromatic nitrogens is 5. The number of carbonyl (C=O) groups excluding carboxylic acids is 3. The summed E-state index contributed by atoms with van der Waals surface area (Å²) in [5, 5.41) is 6.34. The minimum absolute atomic E-state index is 0.00391. The molecule has 0 aromatic carbocycles. The van der Waals surface area contributed by atoms with Gasteiger partial charge in [-0.1, -0.05) is 0 Å². The largest absolute Gasteiger partial charge is 0.346 e. The number of urea groups is 1. The first-order chi connectivity index (χ1) is 20.4. The molecule has 1 spiro atoms. The number of hydrogen-bond acceptors (Lipinski definition) is 11. The van der Waals surface area contributed by atoms with E-state index >= 15 is 0 Å². The van der Waals surface area contributed by atoms with Crippen LogP contribution in [0, 0.1) is 6.92 Å². The van der Waals surface area contributed by atoms with Crippen molar-refractivity contribution in [2.24, 2.45) is 0 Å². The van der Waals surface area contributed by atoms with Gasteiger partial charge in [0.2, 0.25) is 5.95 Å². The molecule has 2 N–H and O–H groups in total. The SMILES string of the molecule is Cc1ncc(C(=O)NCc2cc3nc(-c4ccnc(N5CC[C@]6(C5)NC(=O)N(C)C6=O)n4)ccc3cn2)cc1S(C)(=O)=O. The fraction of sp³-hybridized carbons (Fsp3) is 0.286. The van der Waals surface area contributed by atoms with Crippen LogP contribution in [0.4, 0.5) is 10.7 Å². The zero-order valence-electron chi connectivity index (χ0n) is 23.5. The Labute approximate surface area is 246 Å². The topological polar surface area (TPSA) is 180 Å². The molecule has 4 aromatic heterocycles. The molecule has 43 heavy (non-hydrogen) atoms. The fourth-order valence-electron chi connectivity index (χ4n) is 5.24. The van der Waals surface area contributed by atoms with Gasteiger partial charge in [-0.15, -0.1) is 0 Å². The third-order valence-electron chi connectivity index (χ3n) is 7.58. The second-order valence-corrected chi connectivity index (χ2v) is 12.6. The lowest BCUT2D eigenvalue weighted by Gasteiger charge is -2.21. The van der Waals surface area contributed by atoms with Crippen LogP contribution in [0.15, 0.2) is 53.8 Å². The molecular formula is C28H27N9O5S. The van der Waals surface area contributed by atoms with E-state index in [1.54, 1.807) is 31.5 Å². The molecule has 14 nitrogen and oxygen atoms in total. The molecule has 1 atom stereocenters. The fourth-order valence-corrected chi connectivity index (χ4v) is 6.17. The van der Waals surface area contributed by atoms with E-state index in [0.29, 0.717) is 47.2 Å². The van der Waals surface area contributed by atoms with Crippen LogP contribution in [-0.4, -0.2) is 88.0 Å². The van der Waals surface area contributed by atoms with Gasteiger partial charge in [-0.25, -0.2) is 28.2 Å². The van der Waals surface area contributed by atoms with Crippen LogP contribution >= 0.6 is 0 Å². The van der Waals surface area contributed by atoms with E-state index in [-0.39, 0.29) is 29.5 Å². The number of likely N-dealkylation sites (N-methyl/N-ethyl adjacent to an activating group) is 1. The molecule has 0 saturated carbocycles. The van der Waals surface area contributed by atoms with E-state index in [2.05, 4.69) is 30.6 Å². The normalized spacial score (nSPS) is 18.5. The quantitative estimate of drug-likeness (QED) is 0.304. The lowest BCUT2D eigenvalue weighted by atomic mass is 9.99. The second-order valence-electron chi connectivity index (χ2n) is 10.6. The van der Waals surface area contributed by atoms with Gasteiger partial charge in [-0.3, -0.25) is 24.5 Å². The highest BCUT2D eigenvalue weighted by Gasteiger charge is 2.54. The highest BCUT2D eigenvalue weighted by molar-refractivity contribution is 7.90. The van der Waals surface area contributed by atoms with Gasteiger partial charge in [0, 0.05) is 43.8 Å². The first-order valence-electron chi connectivity index (χ1n) is 13.3. The van der Waals surface area contributed by atoms with Gasteiger partial charge >= 0.3 is 6.03 Å². The van der Waals surface area contributed by atoms with Crippen LogP contribution in [0.1, 0.15) is 28.2 Å². The monoisotopic (exact) mass is 601 g/mol. The van der Waals surface area contributed by atoms with E-state index in [1.807, 2.05) is 17.0 Å². The summed E-state index contributed by atoms with van der Waals surface area (Å²) >= 11 is 0. The summed E-state index contributed by atoms with van der Waals surface area (Å²) in [6, 6.07) is 8.08. The zero-order chi connectivity index (χ0) is 30.5. The van der Waals surface area contributed by atoms with Crippen molar-refractivity contribution >= 4 is 44.5 Å². The third-order valence-corrected chi connectivity index (χ3v) is 8.80. The van der Waals surface area contributed by atoms with Crippen LogP contribution in [-0.2, 0) is 21.2 Å². The van der Waals surface area contributed by atoms with Crippen LogP contribution in [0.3, 0.4) is 0 Å². The summed E-state index contributed by atoms with van der Waals surface area (Å²) in [7, 11) is -2.07. The molecule has 6 rings (SSSR count). The number of amides is 4. The van der Waals surface area contributed by atoms with Crippen molar-refractivity contribution in [2.45, 2.75) is 30.3 Å². The molecule has 0 bridgehead atoms. The number of pyridine rings is 3. The molecule has 220 valence electrons. The van der Waals surface area contributed by atoms with Crippen molar-refractivity contribution < 1.29 is 22.8 Å². The van der Waals surface area contributed by atoms with Gasteiger partial charge in [-0.05, 0) is 43.7 Å². The van der Waals surface area contributed by atoms with Gasteiger partial charge in [0.25, 0.3) is 11.8 Å². The first-order valence-corrected chi connectivity index (χ1v) is 15.2. The van der Waals surface area contributed by atoms with Crippen molar-refractivity contribution in [3.8, 4) is 11.4 Å². The number of fused-ring (bicyclic) bond motifs is 1. The Kier molecular flexibility index (Phi) is 6.76. The third kappa shape index (κ3) is 5.22. The lowest BCUT2D eigenvalue weighted by molar-refractivity contribution is -0.129. The summed E-state index contributed by atoms with van der Waals surface area (Å²) < 4.78 is 24.0. The van der Waals surface area contributed by atoms with E-state index in [0.717, 1.165) is 16.5 Å². The minimum atomic E-state index is -3.53. The molecule has 15 heteroatoms. The average Bonchev–Trinajstić information content (AvgIpc) is 3.51. The minimum Gasteiger partial charge on any atom is -0.346 e. The maximum absolute atomic E-state index is 12.7. The van der Waals surface area contributed by atoms with Crippen molar-refractivity contribution in [1.82, 2.24) is 40.5 Å². The Morgan fingerprint density at radius 3 is 2.60 bits per heavy atom. The number of nitrogens with zero attached hydrogens (tertiary/aromatic N) is 7. The van der Waals surface area contributed by atoms with Crippen LogP contribution in [0.25, 0.3) is 22.3 Å². The van der Waals surface area contributed by atoms with Crippen molar-refractivity contribution in [3.05, 3.63) is 65.9 Å². The highest BCUT2D eigenvalue weighted by Crippen LogP contribution is 2.30. The first kappa shape index (κ1) is 28.1. The van der Waals surface area contributed by atoms with Gasteiger partial charge in [0.15, 0.2) is 9.84 Å². The van der Waals surface area contributed by atoms with Crippen LogP contribution in [0.2, 0.25) is 0 Å². The zero-order valence-corrected chi connectivity index (χ0v) is 24.3. The predicted octanol–water partition coefficient (Wildman–Crippen LogP) is 1.25. The molecule has 6 heterocycles. The smallest absolute Gasteiger partial charge is 0.324 e. The molecular weight excluding hydrogens is 574 g/mol. The summed E-state index contributed by atoms with van der Waals surface area (Å²) in [6.45, 7) is 2.43. The Morgan fingerprint density at radius 1 is 1.07 bits per heavy atom. The van der Waals surface area contributed by atoms with Crippen molar-refractivity contribution in [2.75, 3.05) is 31.3 Å². The van der Waals surface area contributed by atoms with Gasteiger partial charge in [0.05, 0.1) is 51.8 Å². The number of carbonyl (C=O) groups is 3. The molecule has 4 aromatic rings. The number of aryl methyl sites for hydroxylation is 1. The van der Waals surface area contributed by atoms with Crippen LogP contribution in [0.5, 0.6) is 0 Å². The van der Waals surface area contributed by atoms with E-state index in [4.69, 9.17) is 4.98 Å². The maximum atomic E-state index is 12.7. The molecule has 2 aliphatic heterocycles. The highest BCUT2D eigenvalue weighted by atomic mass is 32.2. The lowest BCUT2D eigenvalue weighted by Crippen LogP contribution is -2.49. The van der Waals surface area contributed by atoms with Gasteiger partial charge < -0.3 is 15.5 Å². The predicted molar refractivity (Wildman–Crippen MR) is 155 cm³/mol. The van der Waals surface area contributed by atoms with E-state index in [1.165, 1.54) is 19.3 Å². The number of anilines is 1. The molecule has 0 radical (unpaired) electrons. The molecule has 0 unspecified atom stereocenters. The molecule has 2 fully saturated rings. The van der Waals surface area contributed by atoms with Crippen LogP contribution < -0.4 is 15.5 Å². The number of imide groups is 1. The maximum Gasteiger partial charge on any atom is 0.324 e. The summed E-state index contributed by atoms with van der Waals surface area (Å²) in [4.78, 5) is 62.7. The summed E-state index contributed by atoms with van der Waals surface area (Å²) in [5.41, 5.74) is 1.83. The molecule has 2 aliphatic rings. The average molecular weight is 602 g/mol. The second kappa shape index (κ2) is 10.3. The van der Waals surface area contributed by atoms with E-state index < -0.39 is 27.3 Å². The van der Waals surface area contributed by atoms with Gasteiger partial charge in [-0.2, -0.15) is 0 Å². The van der Waals surface area contributed by atoms with Gasteiger partial charge in [0.1, 0.15) is 5.54 Å². The Balaban J connectivity index is 1.19.